The van der Waals surface area contributed by atoms with E-state index >= 15 is 0 Å². The van der Waals surface area contributed by atoms with Crippen LogP contribution in [-0.2, 0) is 28.9 Å². The SMILES string of the molecule is CCCCc1nc(C)n(CC(=O)N2CCOCC2)c(=O)c1Cc1ccc(-c2ccccc2-c2nnn[nH]2)cc1. The zero-order valence-electron chi connectivity index (χ0n) is 22.4. The van der Waals surface area contributed by atoms with Crippen LogP contribution < -0.4 is 5.56 Å². The summed E-state index contributed by atoms with van der Waals surface area (Å²) in [4.78, 5) is 33.3. The third-order valence-electron chi connectivity index (χ3n) is 7.14. The fourth-order valence-corrected chi connectivity index (χ4v) is 4.94. The van der Waals surface area contributed by atoms with Gasteiger partial charge in [0, 0.05) is 30.6 Å². The maximum atomic E-state index is 13.8. The first-order valence-corrected chi connectivity index (χ1v) is 13.4. The molecule has 4 aromatic rings. The van der Waals surface area contributed by atoms with Gasteiger partial charge in [0.15, 0.2) is 5.82 Å². The molecule has 1 aliphatic rings. The number of aromatic amines is 1. The first kappa shape index (κ1) is 26.4. The van der Waals surface area contributed by atoms with Gasteiger partial charge in [-0.25, -0.2) is 10.1 Å². The molecule has 0 bridgehead atoms. The number of hydrogen-bond donors (Lipinski definition) is 1. The minimum atomic E-state index is -0.137. The highest BCUT2D eigenvalue weighted by molar-refractivity contribution is 5.80. The lowest BCUT2D eigenvalue weighted by molar-refractivity contribution is -0.136. The third-order valence-corrected chi connectivity index (χ3v) is 7.14. The summed E-state index contributed by atoms with van der Waals surface area (Å²) < 4.78 is 6.89. The van der Waals surface area contributed by atoms with E-state index in [9.17, 15) is 9.59 Å². The summed E-state index contributed by atoms with van der Waals surface area (Å²) in [6.45, 7) is 6.06. The second-order valence-electron chi connectivity index (χ2n) is 9.74. The van der Waals surface area contributed by atoms with Crippen molar-refractivity contribution >= 4 is 5.91 Å². The molecule has 10 heteroatoms. The van der Waals surface area contributed by atoms with E-state index in [1.807, 2.05) is 55.5 Å². The van der Waals surface area contributed by atoms with E-state index in [-0.39, 0.29) is 18.0 Å². The van der Waals surface area contributed by atoms with Crippen molar-refractivity contribution in [3.63, 3.8) is 0 Å². The lowest BCUT2D eigenvalue weighted by Gasteiger charge is -2.27. The van der Waals surface area contributed by atoms with Crippen LogP contribution in [0.15, 0.2) is 53.3 Å². The molecule has 2 aromatic carbocycles. The van der Waals surface area contributed by atoms with Crippen molar-refractivity contribution < 1.29 is 9.53 Å². The minimum Gasteiger partial charge on any atom is -0.378 e. The number of unbranched alkanes of at least 4 members (excludes halogenated alkanes) is 1. The molecule has 1 N–H and O–H groups in total. The van der Waals surface area contributed by atoms with Gasteiger partial charge in [0.2, 0.25) is 5.91 Å². The second kappa shape index (κ2) is 12.1. The van der Waals surface area contributed by atoms with Crippen molar-refractivity contribution in [1.82, 2.24) is 35.1 Å². The standard InChI is InChI=1S/C29H33N7O3/c1-3-4-9-26-25(29(38)36(20(2)30-26)19-27(37)35-14-16-39-17-15-35)18-21-10-12-22(13-11-21)23-7-5-6-8-24(23)28-31-33-34-32-28/h5-8,10-13H,3-4,9,14-19H2,1-2H3,(H,31,32,33,34). The van der Waals surface area contributed by atoms with Crippen molar-refractivity contribution in [2.75, 3.05) is 26.3 Å². The highest BCUT2D eigenvalue weighted by Gasteiger charge is 2.21. The zero-order chi connectivity index (χ0) is 27.2. The van der Waals surface area contributed by atoms with Gasteiger partial charge < -0.3 is 9.64 Å². The number of morpholine rings is 1. The Bertz CT molecular complexity index is 1470. The molecule has 39 heavy (non-hydrogen) atoms. The summed E-state index contributed by atoms with van der Waals surface area (Å²) in [6.07, 6.45) is 3.14. The van der Waals surface area contributed by atoms with Crippen LogP contribution >= 0.6 is 0 Å². The smallest absolute Gasteiger partial charge is 0.257 e. The van der Waals surface area contributed by atoms with Crippen molar-refractivity contribution in [2.45, 2.75) is 46.1 Å². The Balaban J connectivity index is 1.43. The quantitative estimate of drug-likeness (QED) is 0.355. The number of H-pyrrole nitrogens is 1. The minimum absolute atomic E-state index is 0.00899. The van der Waals surface area contributed by atoms with Crippen molar-refractivity contribution in [3.8, 4) is 22.5 Å². The zero-order valence-corrected chi connectivity index (χ0v) is 22.4. The summed E-state index contributed by atoms with van der Waals surface area (Å²) in [6, 6.07) is 16.1. The van der Waals surface area contributed by atoms with E-state index < -0.39 is 0 Å². The number of carbonyl (C=O) groups is 1. The number of rotatable bonds is 9. The Labute approximate surface area is 227 Å². The fraction of sp³-hybridized carbons (Fsp3) is 0.379. The predicted molar refractivity (Wildman–Crippen MR) is 147 cm³/mol. The molecule has 202 valence electrons. The van der Waals surface area contributed by atoms with Gasteiger partial charge in [0.1, 0.15) is 12.4 Å². The van der Waals surface area contributed by atoms with Gasteiger partial charge >= 0.3 is 0 Å². The molecule has 0 unspecified atom stereocenters. The first-order valence-electron chi connectivity index (χ1n) is 13.4. The van der Waals surface area contributed by atoms with Gasteiger partial charge in [0.05, 0.1) is 18.9 Å². The maximum Gasteiger partial charge on any atom is 0.257 e. The average molecular weight is 528 g/mol. The average Bonchev–Trinajstić information content (AvgIpc) is 3.52. The lowest BCUT2D eigenvalue weighted by atomic mass is 9.96. The number of hydrogen-bond acceptors (Lipinski definition) is 7. The number of amides is 1. The van der Waals surface area contributed by atoms with Crippen LogP contribution in [0.3, 0.4) is 0 Å². The Hall–Kier alpha value is -4.18. The van der Waals surface area contributed by atoms with Gasteiger partial charge in [0.25, 0.3) is 5.56 Å². The summed E-state index contributed by atoms with van der Waals surface area (Å²) in [5, 5.41) is 14.3. The molecule has 0 atom stereocenters. The highest BCUT2D eigenvalue weighted by atomic mass is 16.5. The molecule has 0 aliphatic carbocycles. The second-order valence-corrected chi connectivity index (χ2v) is 9.74. The van der Waals surface area contributed by atoms with E-state index in [0.29, 0.717) is 49.9 Å². The number of ether oxygens (including phenoxy) is 1. The Morgan fingerprint density at radius 1 is 1.05 bits per heavy atom. The molecule has 1 saturated heterocycles. The van der Waals surface area contributed by atoms with E-state index in [0.717, 1.165) is 47.2 Å². The summed E-state index contributed by atoms with van der Waals surface area (Å²) in [7, 11) is 0. The highest BCUT2D eigenvalue weighted by Crippen LogP contribution is 2.30. The lowest BCUT2D eigenvalue weighted by Crippen LogP contribution is -2.44. The Morgan fingerprint density at radius 2 is 1.79 bits per heavy atom. The van der Waals surface area contributed by atoms with Crippen LogP contribution in [0.2, 0.25) is 0 Å². The number of aromatic nitrogens is 6. The van der Waals surface area contributed by atoms with Crippen molar-refractivity contribution in [2.24, 2.45) is 0 Å². The summed E-state index contributed by atoms with van der Waals surface area (Å²) >= 11 is 0. The van der Waals surface area contributed by atoms with Crippen LogP contribution in [-0.4, -0.2) is 67.3 Å². The topological polar surface area (TPSA) is 119 Å². The number of benzene rings is 2. The monoisotopic (exact) mass is 527 g/mol. The number of nitrogens with one attached hydrogen (secondary N) is 1. The van der Waals surface area contributed by atoms with Crippen molar-refractivity contribution in [3.05, 3.63) is 81.5 Å². The van der Waals surface area contributed by atoms with Gasteiger partial charge in [-0.15, -0.1) is 5.10 Å². The van der Waals surface area contributed by atoms with E-state index in [4.69, 9.17) is 9.72 Å². The molecular weight excluding hydrogens is 494 g/mol. The Morgan fingerprint density at radius 3 is 2.49 bits per heavy atom. The largest absolute Gasteiger partial charge is 0.378 e. The Kier molecular flexibility index (Phi) is 8.21. The van der Waals surface area contributed by atoms with Crippen LogP contribution in [0.25, 0.3) is 22.5 Å². The molecule has 3 heterocycles. The van der Waals surface area contributed by atoms with Gasteiger partial charge in [-0.2, -0.15) is 0 Å². The fourth-order valence-electron chi connectivity index (χ4n) is 4.94. The summed E-state index contributed by atoms with van der Waals surface area (Å²) in [5.41, 5.74) is 5.28. The number of nitrogens with zero attached hydrogens (tertiary/aromatic N) is 6. The van der Waals surface area contributed by atoms with Gasteiger partial charge in [-0.3, -0.25) is 14.2 Å². The van der Waals surface area contributed by atoms with Crippen LogP contribution in [0.5, 0.6) is 0 Å². The third kappa shape index (κ3) is 5.96. The van der Waals surface area contributed by atoms with Crippen LogP contribution in [0.1, 0.15) is 42.4 Å². The molecular formula is C29H33N7O3. The van der Waals surface area contributed by atoms with Gasteiger partial charge in [-0.05, 0) is 46.9 Å². The molecule has 1 fully saturated rings. The van der Waals surface area contributed by atoms with E-state index in [2.05, 4.69) is 27.5 Å². The number of aryl methyl sites for hydroxylation is 2. The molecule has 0 spiro atoms. The van der Waals surface area contributed by atoms with E-state index in [1.54, 1.807) is 4.90 Å². The number of carbonyl (C=O) groups excluding carboxylic acids is 1. The van der Waals surface area contributed by atoms with Crippen LogP contribution in [0.4, 0.5) is 0 Å². The molecule has 0 radical (unpaired) electrons. The molecule has 10 nitrogen and oxygen atoms in total. The first-order chi connectivity index (χ1) is 19.0. The maximum absolute atomic E-state index is 13.8. The van der Waals surface area contributed by atoms with E-state index in [1.165, 1.54) is 4.57 Å². The van der Waals surface area contributed by atoms with Gasteiger partial charge in [-0.1, -0.05) is 61.9 Å². The molecule has 0 saturated carbocycles. The summed E-state index contributed by atoms with van der Waals surface area (Å²) in [5.74, 6) is 1.10. The molecule has 1 amide bonds. The molecule has 2 aromatic heterocycles. The molecule has 5 rings (SSSR count). The predicted octanol–water partition coefficient (Wildman–Crippen LogP) is 3.19. The normalized spacial score (nSPS) is 13.5. The van der Waals surface area contributed by atoms with Crippen LogP contribution in [0, 0.1) is 6.92 Å². The number of tetrazole rings is 1. The van der Waals surface area contributed by atoms with Crippen molar-refractivity contribution in [1.29, 1.82) is 0 Å². The molecule has 1 aliphatic heterocycles.